The molecule has 0 unspecified atom stereocenters. The van der Waals surface area contributed by atoms with E-state index in [9.17, 15) is 0 Å². The molecule has 2 aliphatic rings. The van der Waals surface area contributed by atoms with Gasteiger partial charge in [0.05, 0.1) is 0 Å². The molecule has 0 aromatic heterocycles. The van der Waals surface area contributed by atoms with Crippen LogP contribution in [0.2, 0.25) is 0 Å². The predicted octanol–water partition coefficient (Wildman–Crippen LogP) is 3.31. The zero-order valence-electron chi connectivity index (χ0n) is 11.3. The zero-order chi connectivity index (χ0) is 13.0. The SMILES string of the molecule is CC1(C)C=CC2=c3ccc4ccccc4c3=CC2=C1. The van der Waals surface area contributed by atoms with Gasteiger partial charge in [0, 0.05) is 5.41 Å². The molecule has 2 aromatic rings. The van der Waals surface area contributed by atoms with E-state index in [1.165, 1.54) is 32.4 Å². The van der Waals surface area contributed by atoms with E-state index < -0.39 is 0 Å². The lowest BCUT2D eigenvalue weighted by Gasteiger charge is -2.21. The van der Waals surface area contributed by atoms with Crippen LogP contribution in [0.1, 0.15) is 13.8 Å². The highest BCUT2D eigenvalue weighted by molar-refractivity contribution is 5.94. The minimum Gasteiger partial charge on any atom is -0.0744 e. The Morgan fingerprint density at radius 2 is 1.79 bits per heavy atom. The summed E-state index contributed by atoms with van der Waals surface area (Å²) in [4.78, 5) is 0. The van der Waals surface area contributed by atoms with Gasteiger partial charge in [-0.25, -0.2) is 0 Å². The molecule has 2 aromatic carbocycles. The summed E-state index contributed by atoms with van der Waals surface area (Å²) in [6.45, 7) is 4.50. The van der Waals surface area contributed by atoms with Gasteiger partial charge in [-0.1, -0.05) is 68.5 Å². The summed E-state index contributed by atoms with van der Waals surface area (Å²) in [5.74, 6) is 0. The van der Waals surface area contributed by atoms with Crippen LogP contribution in [0.25, 0.3) is 22.4 Å². The first-order valence-electron chi connectivity index (χ1n) is 6.80. The lowest BCUT2D eigenvalue weighted by molar-refractivity contribution is 0.621. The molecule has 92 valence electrons. The Balaban J connectivity index is 2.17. The van der Waals surface area contributed by atoms with Gasteiger partial charge in [0.25, 0.3) is 0 Å². The van der Waals surface area contributed by atoms with Crippen molar-refractivity contribution < 1.29 is 0 Å². The van der Waals surface area contributed by atoms with Gasteiger partial charge < -0.3 is 0 Å². The zero-order valence-corrected chi connectivity index (χ0v) is 11.3. The fourth-order valence-corrected chi connectivity index (χ4v) is 3.13. The number of fused-ring (bicyclic) bond motifs is 4. The molecule has 0 N–H and O–H groups in total. The Labute approximate surface area is 113 Å². The van der Waals surface area contributed by atoms with Crippen LogP contribution in [0.5, 0.6) is 0 Å². The molecular formula is C19H16. The van der Waals surface area contributed by atoms with E-state index in [4.69, 9.17) is 0 Å². The van der Waals surface area contributed by atoms with Gasteiger partial charge in [-0.3, -0.25) is 0 Å². The van der Waals surface area contributed by atoms with Crippen LogP contribution in [-0.4, -0.2) is 0 Å². The van der Waals surface area contributed by atoms with Crippen molar-refractivity contribution in [1.29, 1.82) is 0 Å². The van der Waals surface area contributed by atoms with Gasteiger partial charge in [0.2, 0.25) is 0 Å². The molecule has 0 radical (unpaired) electrons. The topological polar surface area (TPSA) is 0 Å². The second-order valence-electron chi connectivity index (χ2n) is 6.06. The molecule has 0 atom stereocenters. The number of benzene rings is 2. The normalized spacial score (nSPS) is 18.8. The monoisotopic (exact) mass is 244 g/mol. The van der Waals surface area contributed by atoms with Crippen molar-refractivity contribution in [3.63, 3.8) is 0 Å². The molecule has 0 spiro atoms. The van der Waals surface area contributed by atoms with E-state index in [2.05, 4.69) is 74.5 Å². The van der Waals surface area contributed by atoms with Crippen molar-refractivity contribution in [3.8, 4) is 0 Å². The Morgan fingerprint density at radius 3 is 2.68 bits per heavy atom. The average Bonchev–Trinajstić information content (AvgIpc) is 2.75. The minimum atomic E-state index is 0.160. The van der Waals surface area contributed by atoms with E-state index in [0.717, 1.165) is 0 Å². The molecule has 0 fully saturated rings. The predicted molar refractivity (Wildman–Crippen MR) is 82.1 cm³/mol. The molecule has 0 bridgehead atoms. The van der Waals surface area contributed by atoms with Gasteiger partial charge in [-0.2, -0.15) is 0 Å². The van der Waals surface area contributed by atoms with Crippen molar-refractivity contribution in [3.05, 3.63) is 70.6 Å². The number of allylic oxidation sites excluding steroid dienone is 4. The van der Waals surface area contributed by atoms with E-state index in [-0.39, 0.29) is 5.41 Å². The molecule has 0 nitrogen and oxygen atoms in total. The smallest absolute Gasteiger partial charge is 0.00169 e. The quantitative estimate of drug-likeness (QED) is 0.667. The summed E-state index contributed by atoms with van der Waals surface area (Å²) in [5, 5.41) is 5.42. The second-order valence-corrected chi connectivity index (χ2v) is 6.06. The fourth-order valence-electron chi connectivity index (χ4n) is 3.13. The minimum absolute atomic E-state index is 0.160. The molecule has 2 aliphatic carbocycles. The molecular weight excluding hydrogens is 228 g/mol. The molecule has 0 heteroatoms. The maximum absolute atomic E-state index is 2.37. The highest BCUT2D eigenvalue weighted by Crippen LogP contribution is 2.32. The lowest BCUT2D eigenvalue weighted by atomic mass is 9.84. The van der Waals surface area contributed by atoms with Gasteiger partial charge in [0.15, 0.2) is 0 Å². The van der Waals surface area contributed by atoms with Crippen molar-refractivity contribution in [2.24, 2.45) is 5.41 Å². The van der Waals surface area contributed by atoms with Crippen LogP contribution < -0.4 is 10.4 Å². The molecule has 19 heavy (non-hydrogen) atoms. The first-order valence-corrected chi connectivity index (χ1v) is 6.80. The van der Waals surface area contributed by atoms with Gasteiger partial charge in [0.1, 0.15) is 0 Å². The van der Waals surface area contributed by atoms with E-state index >= 15 is 0 Å². The third kappa shape index (κ3) is 1.53. The number of rotatable bonds is 0. The van der Waals surface area contributed by atoms with E-state index in [1.54, 1.807) is 0 Å². The fraction of sp³-hybridized carbons (Fsp3) is 0.158. The highest BCUT2D eigenvalue weighted by atomic mass is 14.2. The molecule has 0 saturated heterocycles. The van der Waals surface area contributed by atoms with E-state index in [0.29, 0.717) is 0 Å². The van der Waals surface area contributed by atoms with Gasteiger partial charge in [-0.05, 0) is 38.4 Å². The second kappa shape index (κ2) is 3.48. The van der Waals surface area contributed by atoms with Crippen LogP contribution in [-0.2, 0) is 0 Å². The summed E-state index contributed by atoms with van der Waals surface area (Å²) in [6.07, 6.45) is 9.30. The lowest BCUT2D eigenvalue weighted by Crippen LogP contribution is -2.23. The highest BCUT2D eigenvalue weighted by Gasteiger charge is 2.20. The Morgan fingerprint density at radius 1 is 0.947 bits per heavy atom. The molecule has 0 saturated carbocycles. The molecule has 0 amide bonds. The summed E-state index contributed by atoms with van der Waals surface area (Å²) >= 11 is 0. The Kier molecular flexibility index (Phi) is 1.98. The van der Waals surface area contributed by atoms with Crippen molar-refractivity contribution in [2.75, 3.05) is 0 Å². The third-order valence-electron chi connectivity index (χ3n) is 4.08. The van der Waals surface area contributed by atoms with E-state index in [1.807, 2.05) is 0 Å². The van der Waals surface area contributed by atoms with Crippen molar-refractivity contribution in [2.45, 2.75) is 13.8 Å². The summed E-state index contributed by atoms with van der Waals surface area (Å²) in [6, 6.07) is 13.1. The maximum atomic E-state index is 2.37. The first kappa shape index (κ1) is 10.8. The third-order valence-corrected chi connectivity index (χ3v) is 4.08. The summed E-state index contributed by atoms with van der Waals surface area (Å²) in [5.41, 5.74) is 2.91. The van der Waals surface area contributed by atoms with Crippen LogP contribution in [0.3, 0.4) is 0 Å². The van der Waals surface area contributed by atoms with Crippen LogP contribution in [0, 0.1) is 5.41 Å². The van der Waals surface area contributed by atoms with Gasteiger partial charge in [-0.15, -0.1) is 0 Å². The van der Waals surface area contributed by atoms with Crippen LogP contribution in [0.4, 0.5) is 0 Å². The maximum Gasteiger partial charge on any atom is 0.00169 e. The van der Waals surface area contributed by atoms with Gasteiger partial charge >= 0.3 is 0 Å². The standard InChI is InChI=1S/C19H16/c1-19(2)10-9-16-14(12-19)11-18-15-6-4-3-5-13(15)7-8-17(16)18/h3-12H,1-2H3. The number of hydrogen-bond donors (Lipinski definition) is 0. The van der Waals surface area contributed by atoms with Crippen LogP contribution in [0.15, 0.2) is 60.2 Å². The number of hydrogen-bond acceptors (Lipinski definition) is 0. The summed E-state index contributed by atoms with van der Waals surface area (Å²) in [7, 11) is 0. The largest absolute Gasteiger partial charge is 0.0744 e. The average molecular weight is 244 g/mol. The molecule has 4 rings (SSSR count). The van der Waals surface area contributed by atoms with Crippen LogP contribution >= 0.6 is 0 Å². The Bertz CT molecular complexity index is 874. The Hall–Kier alpha value is -2.08. The first-order chi connectivity index (χ1) is 9.14. The van der Waals surface area contributed by atoms with Crippen molar-refractivity contribution in [1.82, 2.24) is 0 Å². The molecule has 0 aliphatic heterocycles. The van der Waals surface area contributed by atoms with Crippen molar-refractivity contribution >= 4 is 22.4 Å². The summed E-state index contributed by atoms with van der Waals surface area (Å²) < 4.78 is 0. The molecule has 0 heterocycles.